The molecule has 1 heterocycles. The summed E-state index contributed by atoms with van der Waals surface area (Å²) in [6.07, 6.45) is 6.57. The number of H-pyrrole nitrogens is 1. The van der Waals surface area contributed by atoms with E-state index in [1.165, 1.54) is 19.3 Å². The fraction of sp³-hybridized carbons (Fsp3) is 0.643. The van der Waals surface area contributed by atoms with Crippen molar-refractivity contribution in [3.63, 3.8) is 0 Å². The lowest BCUT2D eigenvalue weighted by molar-refractivity contribution is -0.137. The molecule has 1 fully saturated rings. The molecule has 0 atom stereocenters. The van der Waals surface area contributed by atoms with Crippen LogP contribution in [-0.2, 0) is 4.79 Å². The number of nitrogens with zero attached hydrogens (tertiary/aromatic N) is 1. The Bertz CT molecular complexity index is 464. The van der Waals surface area contributed by atoms with E-state index in [1.54, 1.807) is 0 Å². The number of rotatable bonds is 6. The van der Waals surface area contributed by atoms with Crippen molar-refractivity contribution in [1.82, 2.24) is 15.5 Å². The molecule has 0 aliphatic heterocycles. The van der Waals surface area contributed by atoms with Crippen molar-refractivity contribution < 1.29 is 14.7 Å². The molecule has 0 spiro atoms. The molecule has 1 saturated carbocycles. The van der Waals surface area contributed by atoms with E-state index in [-0.39, 0.29) is 12.3 Å². The van der Waals surface area contributed by atoms with Crippen LogP contribution in [0.4, 0.5) is 0 Å². The number of nitrogens with one attached hydrogen (secondary N) is 2. The molecule has 6 nitrogen and oxygen atoms in total. The van der Waals surface area contributed by atoms with Crippen LogP contribution in [0.2, 0.25) is 0 Å². The molecule has 2 rings (SSSR count). The second-order valence-electron chi connectivity index (χ2n) is 5.30. The van der Waals surface area contributed by atoms with E-state index in [1.807, 2.05) is 6.07 Å². The van der Waals surface area contributed by atoms with Crippen molar-refractivity contribution in [3.8, 4) is 0 Å². The van der Waals surface area contributed by atoms with Gasteiger partial charge in [-0.05, 0) is 25.3 Å². The number of carboxylic acids is 1. The molecule has 1 aliphatic carbocycles. The molecular formula is C14H21N3O3. The van der Waals surface area contributed by atoms with Crippen molar-refractivity contribution in [2.24, 2.45) is 0 Å². The van der Waals surface area contributed by atoms with Gasteiger partial charge >= 0.3 is 5.97 Å². The van der Waals surface area contributed by atoms with Crippen LogP contribution in [0.1, 0.15) is 67.0 Å². The number of carbonyl (C=O) groups excluding carboxylic acids is 1. The molecule has 1 aromatic rings. The molecule has 0 radical (unpaired) electrons. The summed E-state index contributed by atoms with van der Waals surface area (Å²) in [5.74, 6) is -0.600. The highest BCUT2D eigenvalue weighted by Gasteiger charge is 2.19. The Morgan fingerprint density at radius 3 is 2.80 bits per heavy atom. The molecule has 0 bridgehead atoms. The maximum atomic E-state index is 11.8. The van der Waals surface area contributed by atoms with Crippen LogP contribution >= 0.6 is 0 Å². The number of aromatic nitrogens is 2. The van der Waals surface area contributed by atoms with E-state index in [4.69, 9.17) is 5.11 Å². The fourth-order valence-electron chi connectivity index (χ4n) is 2.61. The molecule has 0 aromatic carbocycles. The summed E-state index contributed by atoms with van der Waals surface area (Å²) in [6.45, 7) is 0.358. The molecule has 110 valence electrons. The number of carbonyl (C=O) groups is 2. The lowest BCUT2D eigenvalue weighted by Gasteiger charge is -2.19. The summed E-state index contributed by atoms with van der Waals surface area (Å²) in [5, 5.41) is 18.2. The molecule has 3 N–H and O–H groups in total. The lowest BCUT2D eigenvalue weighted by atomic mass is 9.87. The summed E-state index contributed by atoms with van der Waals surface area (Å²) in [4.78, 5) is 22.2. The summed E-state index contributed by atoms with van der Waals surface area (Å²) in [6, 6.07) is 1.82. The number of hydrogen-bond acceptors (Lipinski definition) is 3. The van der Waals surface area contributed by atoms with Crippen LogP contribution in [0.3, 0.4) is 0 Å². The van der Waals surface area contributed by atoms with E-state index in [9.17, 15) is 9.59 Å². The highest BCUT2D eigenvalue weighted by atomic mass is 16.4. The predicted molar refractivity (Wildman–Crippen MR) is 73.6 cm³/mol. The Morgan fingerprint density at radius 2 is 2.10 bits per heavy atom. The first-order valence-electron chi connectivity index (χ1n) is 7.22. The van der Waals surface area contributed by atoms with Gasteiger partial charge in [0.05, 0.1) is 0 Å². The van der Waals surface area contributed by atoms with Gasteiger partial charge in [0.2, 0.25) is 0 Å². The Balaban J connectivity index is 1.81. The number of aliphatic carboxylic acids is 1. The number of hydrogen-bond donors (Lipinski definition) is 3. The number of carboxylic acid groups (broad SMARTS) is 1. The maximum absolute atomic E-state index is 11.8. The Morgan fingerprint density at radius 1 is 1.35 bits per heavy atom. The van der Waals surface area contributed by atoms with Crippen molar-refractivity contribution in [2.75, 3.05) is 6.54 Å². The quantitative estimate of drug-likeness (QED) is 0.694. The van der Waals surface area contributed by atoms with Gasteiger partial charge in [0.25, 0.3) is 5.91 Å². The molecule has 1 amide bonds. The van der Waals surface area contributed by atoms with E-state index in [0.29, 0.717) is 24.6 Å². The topological polar surface area (TPSA) is 95.1 Å². The second-order valence-corrected chi connectivity index (χ2v) is 5.30. The second kappa shape index (κ2) is 7.07. The molecule has 20 heavy (non-hydrogen) atoms. The minimum atomic E-state index is -0.849. The summed E-state index contributed by atoms with van der Waals surface area (Å²) in [7, 11) is 0. The molecule has 0 saturated heterocycles. The van der Waals surface area contributed by atoms with Crippen molar-refractivity contribution in [2.45, 2.75) is 50.9 Å². The smallest absolute Gasteiger partial charge is 0.303 e. The van der Waals surface area contributed by atoms with Gasteiger partial charge in [-0.15, -0.1) is 0 Å². The van der Waals surface area contributed by atoms with Crippen molar-refractivity contribution in [3.05, 3.63) is 17.5 Å². The van der Waals surface area contributed by atoms with Crippen LogP contribution in [-0.4, -0.2) is 33.7 Å². The van der Waals surface area contributed by atoms with Crippen LogP contribution < -0.4 is 5.32 Å². The molecule has 0 unspecified atom stereocenters. The fourth-order valence-corrected chi connectivity index (χ4v) is 2.61. The van der Waals surface area contributed by atoms with Crippen LogP contribution in [0.25, 0.3) is 0 Å². The van der Waals surface area contributed by atoms with Crippen molar-refractivity contribution >= 4 is 11.9 Å². The Labute approximate surface area is 118 Å². The molecular weight excluding hydrogens is 258 g/mol. The van der Waals surface area contributed by atoms with Gasteiger partial charge in [0.1, 0.15) is 5.69 Å². The van der Waals surface area contributed by atoms with E-state index in [2.05, 4.69) is 15.5 Å². The maximum Gasteiger partial charge on any atom is 0.303 e. The Kier molecular flexibility index (Phi) is 5.15. The predicted octanol–water partition coefficient (Wildman–Crippen LogP) is 2.05. The lowest BCUT2D eigenvalue weighted by Crippen LogP contribution is -2.25. The molecule has 6 heteroatoms. The number of amides is 1. The van der Waals surface area contributed by atoms with Gasteiger partial charge in [-0.2, -0.15) is 5.10 Å². The monoisotopic (exact) mass is 279 g/mol. The average Bonchev–Trinajstić information content (AvgIpc) is 2.94. The zero-order valence-corrected chi connectivity index (χ0v) is 11.5. The number of aromatic amines is 1. The summed E-state index contributed by atoms with van der Waals surface area (Å²) >= 11 is 0. The Hall–Kier alpha value is -1.85. The van der Waals surface area contributed by atoms with Gasteiger partial charge in [-0.25, -0.2) is 0 Å². The van der Waals surface area contributed by atoms with E-state index in [0.717, 1.165) is 18.5 Å². The minimum Gasteiger partial charge on any atom is -0.481 e. The highest BCUT2D eigenvalue weighted by Crippen LogP contribution is 2.31. The first-order valence-corrected chi connectivity index (χ1v) is 7.22. The summed E-state index contributed by atoms with van der Waals surface area (Å²) in [5.41, 5.74) is 1.43. The minimum absolute atomic E-state index is 0.0637. The van der Waals surface area contributed by atoms with Crippen LogP contribution in [0, 0.1) is 0 Å². The first-order chi connectivity index (χ1) is 9.66. The SMILES string of the molecule is O=C(O)CCCNC(=O)c1cc(C2CCCCC2)[nH]n1. The van der Waals surface area contributed by atoms with Gasteiger partial charge in [-0.3, -0.25) is 14.7 Å². The van der Waals surface area contributed by atoms with Gasteiger partial charge in [0, 0.05) is 24.6 Å². The standard InChI is InChI=1S/C14H21N3O3/c18-13(19)7-4-8-15-14(20)12-9-11(16-17-12)10-5-2-1-3-6-10/h9-10H,1-8H2,(H,15,20)(H,16,17)(H,18,19). The van der Waals surface area contributed by atoms with Gasteiger partial charge in [-0.1, -0.05) is 19.3 Å². The van der Waals surface area contributed by atoms with Crippen LogP contribution in [0.15, 0.2) is 6.07 Å². The zero-order valence-electron chi connectivity index (χ0n) is 11.5. The first kappa shape index (κ1) is 14.6. The third-order valence-corrected chi connectivity index (χ3v) is 3.73. The largest absolute Gasteiger partial charge is 0.481 e. The van der Waals surface area contributed by atoms with Crippen LogP contribution in [0.5, 0.6) is 0 Å². The normalized spacial score (nSPS) is 16.0. The highest BCUT2D eigenvalue weighted by molar-refractivity contribution is 5.92. The van der Waals surface area contributed by atoms with E-state index < -0.39 is 5.97 Å². The van der Waals surface area contributed by atoms with E-state index >= 15 is 0 Å². The third kappa shape index (κ3) is 4.08. The summed E-state index contributed by atoms with van der Waals surface area (Å²) < 4.78 is 0. The third-order valence-electron chi connectivity index (χ3n) is 3.73. The van der Waals surface area contributed by atoms with Gasteiger partial charge in [0.15, 0.2) is 0 Å². The average molecular weight is 279 g/mol. The molecule has 1 aromatic heterocycles. The van der Waals surface area contributed by atoms with Gasteiger partial charge < -0.3 is 10.4 Å². The van der Waals surface area contributed by atoms with Crippen molar-refractivity contribution in [1.29, 1.82) is 0 Å². The molecule has 1 aliphatic rings. The zero-order chi connectivity index (χ0) is 14.4.